The van der Waals surface area contributed by atoms with Gasteiger partial charge < -0.3 is 4.74 Å². The van der Waals surface area contributed by atoms with Crippen LogP contribution in [0.4, 0.5) is 5.69 Å². The maximum absolute atomic E-state index is 12.1. The highest BCUT2D eigenvalue weighted by Crippen LogP contribution is 2.28. The Hall–Kier alpha value is -1.92. The number of carbonyl (C=O) groups excluding carboxylic acids is 1. The van der Waals surface area contributed by atoms with Crippen LogP contribution >= 0.6 is 27.5 Å². The third kappa shape index (κ3) is 3.84. The number of halogens is 2. The number of Topliss-reactive ketones (excluding diaryl/α,β-unsaturated/α-hetero) is 1. The van der Waals surface area contributed by atoms with Gasteiger partial charge in [-0.2, -0.15) is 0 Å². The monoisotopic (exact) mass is 383 g/mol. The molecule has 5 nitrogen and oxygen atoms in total. The first kappa shape index (κ1) is 16.5. The number of hydrogen-bond donors (Lipinski definition) is 0. The van der Waals surface area contributed by atoms with Gasteiger partial charge in [0.15, 0.2) is 12.4 Å². The van der Waals surface area contributed by atoms with Crippen molar-refractivity contribution in [2.24, 2.45) is 0 Å². The Bertz CT molecular complexity index is 748. The molecule has 0 fully saturated rings. The molecule has 22 heavy (non-hydrogen) atoms. The van der Waals surface area contributed by atoms with Crippen molar-refractivity contribution in [1.82, 2.24) is 0 Å². The number of hydrogen-bond acceptors (Lipinski definition) is 4. The highest BCUT2D eigenvalue weighted by molar-refractivity contribution is 9.10. The van der Waals surface area contributed by atoms with Crippen molar-refractivity contribution in [3.05, 3.63) is 67.1 Å². The quantitative estimate of drug-likeness (QED) is 0.430. The molecule has 0 aliphatic rings. The fraction of sp³-hybridized carbons (Fsp3) is 0.133. The Balaban J connectivity index is 2.12. The summed E-state index contributed by atoms with van der Waals surface area (Å²) in [7, 11) is 0. The molecule has 2 rings (SSSR count). The lowest BCUT2D eigenvalue weighted by Crippen LogP contribution is -2.12. The first-order chi connectivity index (χ1) is 10.4. The van der Waals surface area contributed by atoms with Gasteiger partial charge in [0.1, 0.15) is 5.75 Å². The van der Waals surface area contributed by atoms with Crippen LogP contribution < -0.4 is 4.74 Å². The average molecular weight is 385 g/mol. The minimum atomic E-state index is -0.515. The van der Waals surface area contributed by atoms with Gasteiger partial charge in [0.2, 0.25) is 0 Å². The lowest BCUT2D eigenvalue weighted by Gasteiger charge is -2.08. The fourth-order valence-electron chi connectivity index (χ4n) is 1.80. The summed E-state index contributed by atoms with van der Waals surface area (Å²) in [6.07, 6.45) is 0. The molecule has 0 amide bonds. The predicted molar refractivity (Wildman–Crippen MR) is 86.8 cm³/mol. The topological polar surface area (TPSA) is 69.4 Å². The van der Waals surface area contributed by atoms with Crippen LogP contribution in [-0.4, -0.2) is 17.3 Å². The number of ketones is 1. The van der Waals surface area contributed by atoms with Crippen LogP contribution in [0.5, 0.6) is 5.75 Å². The second kappa shape index (κ2) is 6.89. The summed E-state index contributed by atoms with van der Waals surface area (Å²) in [5.74, 6) is 0.0157. The van der Waals surface area contributed by atoms with Crippen LogP contribution in [0.15, 0.2) is 40.9 Å². The van der Waals surface area contributed by atoms with Crippen molar-refractivity contribution in [3.63, 3.8) is 0 Å². The number of aryl methyl sites for hydroxylation is 1. The molecule has 2 aromatic rings. The molecule has 0 aliphatic carbocycles. The number of nitro groups is 1. The average Bonchev–Trinajstić information content (AvgIpc) is 2.46. The zero-order valence-electron chi connectivity index (χ0n) is 11.5. The molecule has 0 aromatic heterocycles. The van der Waals surface area contributed by atoms with Crippen molar-refractivity contribution in [1.29, 1.82) is 0 Å². The Kier molecular flexibility index (Phi) is 5.15. The van der Waals surface area contributed by atoms with Crippen molar-refractivity contribution in [2.75, 3.05) is 6.61 Å². The zero-order valence-corrected chi connectivity index (χ0v) is 13.8. The predicted octanol–water partition coefficient (Wildman–Crippen LogP) is 4.58. The summed E-state index contributed by atoms with van der Waals surface area (Å²) >= 11 is 9.26. The number of rotatable bonds is 5. The van der Waals surface area contributed by atoms with E-state index in [1.165, 1.54) is 18.2 Å². The van der Waals surface area contributed by atoms with Gasteiger partial charge in [-0.3, -0.25) is 14.9 Å². The maximum Gasteiger partial charge on any atom is 0.273 e. The van der Waals surface area contributed by atoms with Crippen LogP contribution in [-0.2, 0) is 0 Å². The smallest absolute Gasteiger partial charge is 0.273 e. The third-order valence-corrected chi connectivity index (χ3v) is 3.77. The highest BCUT2D eigenvalue weighted by Gasteiger charge is 2.15. The lowest BCUT2D eigenvalue weighted by atomic mass is 10.1. The van der Waals surface area contributed by atoms with E-state index in [0.717, 1.165) is 4.47 Å². The molecule has 0 spiro atoms. The van der Waals surface area contributed by atoms with Gasteiger partial charge in [-0.15, -0.1) is 0 Å². The molecule has 0 N–H and O–H groups in total. The zero-order chi connectivity index (χ0) is 16.3. The molecule has 0 atom stereocenters. The highest BCUT2D eigenvalue weighted by atomic mass is 79.9. The molecule has 0 radical (unpaired) electrons. The van der Waals surface area contributed by atoms with Crippen molar-refractivity contribution in [3.8, 4) is 5.75 Å². The Labute approximate surface area is 140 Å². The van der Waals surface area contributed by atoms with Crippen molar-refractivity contribution in [2.45, 2.75) is 6.92 Å². The minimum Gasteiger partial charge on any atom is -0.484 e. The van der Waals surface area contributed by atoms with Crippen LogP contribution in [0.2, 0.25) is 5.02 Å². The van der Waals surface area contributed by atoms with Crippen molar-refractivity contribution >= 4 is 39.0 Å². The Morgan fingerprint density at radius 2 is 2.05 bits per heavy atom. The number of nitro benzene ring substituents is 1. The molecule has 0 bridgehead atoms. The van der Waals surface area contributed by atoms with E-state index in [1.54, 1.807) is 25.1 Å². The van der Waals surface area contributed by atoms with Crippen LogP contribution in [0, 0.1) is 17.0 Å². The lowest BCUT2D eigenvalue weighted by molar-refractivity contribution is -0.385. The van der Waals surface area contributed by atoms with Gasteiger partial charge >= 0.3 is 0 Å². The van der Waals surface area contributed by atoms with E-state index in [4.69, 9.17) is 16.3 Å². The van der Waals surface area contributed by atoms with Gasteiger partial charge in [0.25, 0.3) is 5.69 Å². The molecule has 7 heteroatoms. The molecule has 0 unspecified atom stereocenters. The SMILES string of the molecule is Cc1ccc(C(=O)COc2ccc(Br)cc2Cl)cc1[N+](=O)[O-]. The van der Waals surface area contributed by atoms with Gasteiger partial charge in [-0.25, -0.2) is 0 Å². The molecule has 0 saturated heterocycles. The molecular formula is C15H11BrClNO4. The van der Waals surface area contributed by atoms with Crippen LogP contribution in [0.25, 0.3) is 0 Å². The second-order valence-electron chi connectivity index (χ2n) is 4.54. The van der Waals surface area contributed by atoms with E-state index in [9.17, 15) is 14.9 Å². The van der Waals surface area contributed by atoms with Gasteiger partial charge in [-0.1, -0.05) is 39.7 Å². The van der Waals surface area contributed by atoms with E-state index in [1.807, 2.05) is 0 Å². The Morgan fingerprint density at radius 1 is 1.32 bits per heavy atom. The summed E-state index contributed by atoms with van der Waals surface area (Å²) in [5, 5.41) is 11.3. The normalized spacial score (nSPS) is 10.3. The van der Waals surface area contributed by atoms with E-state index >= 15 is 0 Å². The summed E-state index contributed by atoms with van der Waals surface area (Å²) in [6.45, 7) is 1.37. The molecule has 0 heterocycles. The van der Waals surface area contributed by atoms with Crippen molar-refractivity contribution < 1.29 is 14.5 Å². The molecule has 114 valence electrons. The van der Waals surface area contributed by atoms with Crippen LogP contribution in [0.1, 0.15) is 15.9 Å². The van der Waals surface area contributed by atoms with Gasteiger partial charge in [-0.05, 0) is 25.1 Å². The summed E-state index contributed by atoms with van der Waals surface area (Å²) in [5.41, 5.74) is 0.636. The molecular weight excluding hydrogens is 374 g/mol. The van der Waals surface area contributed by atoms with E-state index in [2.05, 4.69) is 15.9 Å². The largest absolute Gasteiger partial charge is 0.484 e. The van der Waals surface area contributed by atoms with Gasteiger partial charge in [0.05, 0.1) is 9.95 Å². The fourth-order valence-corrected chi connectivity index (χ4v) is 2.53. The van der Waals surface area contributed by atoms with E-state index in [0.29, 0.717) is 16.3 Å². The maximum atomic E-state index is 12.1. The molecule has 0 saturated carbocycles. The number of carbonyl (C=O) groups is 1. The van der Waals surface area contributed by atoms with Gasteiger partial charge in [0, 0.05) is 21.7 Å². The Morgan fingerprint density at radius 3 is 2.68 bits per heavy atom. The van der Waals surface area contributed by atoms with E-state index < -0.39 is 4.92 Å². The third-order valence-electron chi connectivity index (χ3n) is 2.98. The van der Waals surface area contributed by atoms with E-state index in [-0.39, 0.29) is 23.6 Å². The molecule has 2 aromatic carbocycles. The molecule has 0 aliphatic heterocycles. The minimum absolute atomic E-state index is 0.0903. The first-order valence-electron chi connectivity index (χ1n) is 6.24. The number of nitrogens with zero attached hydrogens (tertiary/aromatic N) is 1. The number of benzene rings is 2. The second-order valence-corrected chi connectivity index (χ2v) is 5.87. The standard InChI is InChI=1S/C15H11BrClNO4/c1-9-2-3-10(6-13(9)18(20)21)14(19)8-22-15-5-4-11(16)7-12(15)17/h2-7H,8H2,1H3. The first-order valence-corrected chi connectivity index (χ1v) is 7.41. The van der Waals surface area contributed by atoms with Crippen LogP contribution in [0.3, 0.4) is 0 Å². The number of ether oxygens (including phenoxy) is 1. The summed E-state index contributed by atoms with van der Waals surface area (Å²) in [4.78, 5) is 22.5. The summed E-state index contributed by atoms with van der Waals surface area (Å²) < 4.78 is 6.16. The summed E-state index contributed by atoms with van der Waals surface area (Å²) in [6, 6.07) is 9.36.